The van der Waals surface area contributed by atoms with E-state index < -0.39 is 64.1 Å². The first kappa shape index (κ1) is 97.4. The van der Waals surface area contributed by atoms with Crippen LogP contribution in [0.4, 0.5) is 43.9 Å². The number of aliphatic hydroxyl groups excluding tert-OH is 4. The van der Waals surface area contributed by atoms with E-state index in [9.17, 15) is 64.7 Å². The lowest BCUT2D eigenvalue weighted by atomic mass is 9.75. The van der Waals surface area contributed by atoms with Crippen LogP contribution in [0.25, 0.3) is 55.6 Å². The predicted molar refractivity (Wildman–Crippen MR) is 479 cm³/mol. The molecule has 5 aliphatic rings. The van der Waals surface area contributed by atoms with Crippen LogP contribution in [0.1, 0.15) is 256 Å². The Morgan fingerprint density at radius 2 is 0.465 bits per heavy atom. The summed E-state index contributed by atoms with van der Waals surface area (Å²) < 4.78 is 179. The van der Waals surface area contributed by atoms with Gasteiger partial charge < -0.3 is 48.8 Å². The van der Waals surface area contributed by atoms with Gasteiger partial charge in [0, 0.05) is 55.6 Å². The number of aliphatic hydroxyl groups is 4. The highest BCUT2D eigenvalue weighted by atomic mass is 19.2. The van der Waals surface area contributed by atoms with Crippen molar-refractivity contribution in [3.05, 3.63) is 265 Å². The molecule has 0 aromatic heterocycles. The van der Waals surface area contributed by atoms with Gasteiger partial charge in [0.15, 0.2) is 0 Å². The van der Waals surface area contributed by atoms with Gasteiger partial charge in [0.05, 0.1) is 74.6 Å². The van der Waals surface area contributed by atoms with Crippen LogP contribution in [0.5, 0.6) is 28.7 Å². The van der Waals surface area contributed by atoms with Crippen LogP contribution in [0.15, 0.2) is 152 Å². The molecule has 5 aliphatic carbocycles. The van der Waals surface area contributed by atoms with E-state index in [1.165, 1.54) is 158 Å². The number of esters is 1. The highest BCUT2D eigenvalue weighted by Gasteiger charge is 2.44. The third-order valence-electron chi connectivity index (χ3n) is 27.4. The minimum absolute atomic E-state index is 0.00458. The van der Waals surface area contributed by atoms with E-state index in [0.717, 1.165) is 125 Å². The number of hydrogen-bond acceptors (Lipinski definition) is 11. The van der Waals surface area contributed by atoms with Crippen LogP contribution >= 0.6 is 0 Å². The third-order valence-corrected chi connectivity index (χ3v) is 27.4. The van der Waals surface area contributed by atoms with Crippen LogP contribution < -0.4 is 23.7 Å². The van der Waals surface area contributed by atoms with Gasteiger partial charge in [-0.25, -0.2) is 48.7 Å². The van der Waals surface area contributed by atoms with E-state index in [0.29, 0.717) is 56.6 Å². The molecule has 0 saturated heterocycles. The van der Waals surface area contributed by atoms with E-state index in [1.807, 2.05) is 24.3 Å². The van der Waals surface area contributed by atoms with Gasteiger partial charge >= 0.3 is 5.97 Å². The van der Waals surface area contributed by atoms with Crippen molar-refractivity contribution in [1.82, 2.24) is 0 Å². The van der Waals surface area contributed by atoms with Crippen LogP contribution in [0.2, 0.25) is 0 Å². The Labute approximate surface area is 740 Å². The summed E-state index contributed by atoms with van der Waals surface area (Å²) in [6.07, 6.45) is 15.0. The quantitative estimate of drug-likeness (QED) is 0.0426. The maximum absolute atomic E-state index is 15.2. The van der Waals surface area contributed by atoms with Crippen molar-refractivity contribution in [2.45, 2.75) is 222 Å². The first-order valence-corrected chi connectivity index (χ1v) is 43.6. The van der Waals surface area contributed by atoms with Gasteiger partial charge in [-0.3, -0.25) is 0 Å². The maximum Gasteiger partial charge on any atom is 0.337 e. The number of ether oxygens (including phenoxy) is 6. The summed E-state index contributed by atoms with van der Waals surface area (Å²) in [6.45, 7) is 20.6. The van der Waals surface area contributed by atoms with Gasteiger partial charge in [-0.15, -0.1) is 0 Å². The van der Waals surface area contributed by atoms with Gasteiger partial charge in [0.1, 0.15) is 86.9 Å². The Balaban J connectivity index is 0.000000154. The summed E-state index contributed by atoms with van der Waals surface area (Å²) in [5.74, 6) is -2.83. The van der Waals surface area contributed by atoms with Crippen molar-refractivity contribution in [2.24, 2.45) is 27.1 Å². The summed E-state index contributed by atoms with van der Waals surface area (Å²) in [7, 11) is 8.75. The van der Waals surface area contributed by atoms with E-state index in [1.54, 1.807) is 6.07 Å². The second kappa shape index (κ2) is 41.1. The van der Waals surface area contributed by atoms with E-state index in [-0.39, 0.29) is 144 Å². The molecule has 0 radical (unpaired) electrons. The molecule has 680 valence electrons. The Kier molecular flexibility index (Phi) is 31.5. The Morgan fingerprint density at radius 3 is 0.630 bits per heavy atom. The average molecular weight is 1760 g/mol. The van der Waals surface area contributed by atoms with Crippen molar-refractivity contribution in [1.29, 1.82) is 0 Å². The molecule has 0 spiro atoms. The molecule has 4 N–H and O–H groups in total. The molecular weight excluding hydrogens is 1640 g/mol. The highest BCUT2D eigenvalue weighted by molar-refractivity contribution is 5.91. The van der Waals surface area contributed by atoms with Crippen molar-refractivity contribution in [2.75, 3.05) is 42.7 Å². The fraction of sp³-hybridized carbons (Fsp3) is 0.425. The maximum atomic E-state index is 15.2. The van der Waals surface area contributed by atoms with Crippen LogP contribution in [0.3, 0.4) is 0 Å². The monoisotopic (exact) mass is 1760 g/mol. The largest absolute Gasteiger partial charge is 0.497 e. The predicted octanol–water partition coefficient (Wildman–Crippen LogP) is 27.4. The Morgan fingerprint density at radius 1 is 0.276 bits per heavy atom. The molecule has 10 aromatic rings. The number of methoxy groups -OCH3 is 6. The van der Waals surface area contributed by atoms with E-state index in [2.05, 4.69) is 69.2 Å². The number of benzene rings is 10. The number of carbonyl (C=O) groups is 1. The zero-order valence-corrected chi connectivity index (χ0v) is 75.7. The van der Waals surface area contributed by atoms with Crippen molar-refractivity contribution in [3.63, 3.8) is 0 Å². The van der Waals surface area contributed by atoms with Gasteiger partial charge in [-0.1, -0.05) is 126 Å². The zero-order chi connectivity index (χ0) is 92.5. The average Bonchev–Trinajstić information content (AvgIpc) is 1.77. The molecule has 21 heteroatoms. The molecule has 3 unspecified atom stereocenters. The lowest BCUT2D eigenvalue weighted by Gasteiger charge is -2.30. The first-order valence-electron chi connectivity index (χ1n) is 43.6. The smallest absolute Gasteiger partial charge is 0.337 e. The van der Waals surface area contributed by atoms with Gasteiger partial charge in [-0.05, 0) is 298 Å². The van der Waals surface area contributed by atoms with Crippen LogP contribution in [-0.2, 0) is 31.2 Å². The summed E-state index contributed by atoms with van der Waals surface area (Å²) in [5, 5.41) is 38.0. The van der Waals surface area contributed by atoms with Gasteiger partial charge in [0.2, 0.25) is 0 Å². The number of carbonyl (C=O) groups excluding carboxylic acids is 1. The number of rotatable bonds is 20. The molecule has 0 aliphatic heterocycles. The Bertz CT molecular complexity index is 5050. The minimum Gasteiger partial charge on any atom is -0.497 e. The highest BCUT2D eigenvalue weighted by Crippen LogP contribution is 2.58. The van der Waals surface area contributed by atoms with Crippen LogP contribution in [-0.4, -0.2) is 69.1 Å². The Hall–Kier alpha value is -10.2. The summed E-state index contributed by atoms with van der Waals surface area (Å²) in [4.78, 5) is 12.0. The number of halogens is 10. The molecule has 5 fully saturated rings. The lowest BCUT2D eigenvalue weighted by Crippen LogP contribution is -2.18. The molecule has 127 heavy (non-hydrogen) atoms. The molecule has 5 atom stereocenters. The molecule has 10 aromatic carbocycles. The fourth-order valence-electron chi connectivity index (χ4n) is 20.4. The second-order valence-corrected chi connectivity index (χ2v) is 37.6. The first-order chi connectivity index (χ1) is 60.3. The second-order valence-electron chi connectivity index (χ2n) is 37.6. The molecule has 0 amide bonds. The van der Waals surface area contributed by atoms with Crippen molar-refractivity contribution < 1.29 is 97.5 Å². The normalized spacial score (nSPS) is 19.0. The van der Waals surface area contributed by atoms with E-state index in [4.69, 9.17) is 28.4 Å². The standard InChI is InChI=1S/C22H24F2O3.4C21H24F2O2/c1-22(2)9-5-6-17(22)15-10-13(21(25)27-4)11-19(24)20(15)16-12-14(26-3)7-8-18(16)23;4*1-21(2)8-4-5-17(21)15-9-13(12-24)10-19(23)20(15)16-11-14(25-3)6-7-18(16)22/h7-8,10-12,17H,5-6,9H2,1-4H3;4*6-7,9-11,17,24H,4-5,8,12H2,1-3H3/t;2*17-;;/m.10../s1. The number of hydrogen-bond donors (Lipinski definition) is 4. The fourth-order valence-corrected chi connectivity index (χ4v) is 20.4. The van der Waals surface area contributed by atoms with E-state index >= 15 is 4.39 Å². The zero-order valence-electron chi connectivity index (χ0n) is 75.7. The molecule has 15 rings (SSSR count). The summed E-state index contributed by atoms with van der Waals surface area (Å²) >= 11 is 0. The molecule has 0 bridgehead atoms. The third kappa shape index (κ3) is 21.6. The van der Waals surface area contributed by atoms with Crippen LogP contribution in [0, 0.1) is 85.2 Å². The molecular formula is C106H120F10O11. The van der Waals surface area contributed by atoms with Gasteiger partial charge in [-0.2, -0.15) is 0 Å². The summed E-state index contributed by atoms with van der Waals surface area (Å²) in [6, 6.07) is 37.0. The SMILES string of the molecule is COC(=O)c1cc(F)c(-c2cc(OC)ccc2F)c(C2CCCC2(C)C)c1.COc1ccc(F)c(-c2c(F)cc(CO)cc2C2CCCC2(C)C)c1.COc1ccc(F)c(-c2c(F)cc(CO)cc2C2CCCC2(C)C)c1.COc1ccc(F)c(-c2c(F)cc(CO)cc2[C@@H]2CCCC2(C)C)c1.COc1ccc(F)c(-c2c(F)cc(CO)cc2[C@H]2CCCC2(C)C)c1. The van der Waals surface area contributed by atoms with Gasteiger partial charge in [0.25, 0.3) is 0 Å². The molecule has 11 nitrogen and oxygen atoms in total. The van der Waals surface area contributed by atoms with Crippen molar-refractivity contribution in [3.8, 4) is 84.4 Å². The molecule has 0 heterocycles. The topological polar surface area (TPSA) is 153 Å². The molecule has 5 saturated carbocycles. The minimum atomic E-state index is -0.636. The lowest BCUT2D eigenvalue weighted by molar-refractivity contribution is 0.0599. The van der Waals surface area contributed by atoms with Crippen molar-refractivity contribution >= 4 is 5.97 Å². The summed E-state index contributed by atoms with van der Waals surface area (Å²) in [5.41, 5.74) is 8.20.